The fourth-order valence-corrected chi connectivity index (χ4v) is 1.65. The lowest BCUT2D eigenvalue weighted by Crippen LogP contribution is -2.23. The van der Waals surface area contributed by atoms with Crippen LogP contribution in [-0.4, -0.2) is 26.8 Å². The quantitative estimate of drug-likeness (QED) is 0.514. The van der Waals surface area contributed by atoms with E-state index in [0.717, 1.165) is 17.1 Å². The fourth-order valence-electron chi connectivity index (χ4n) is 1.47. The van der Waals surface area contributed by atoms with Crippen LogP contribution in [0.1, 0.15) is 5.56 Å². The molecule has 0 fully saturated rings. The predicted octanol–water partition coefficient (Wildman–Crippen LogP) is 1.59. The SMILES string of the molecule is O=C(Cn1cc([N+](=O)[O-])cn1)NN=Cc1ccccc1Cl. The standard InChI is InChI=1S/C12H10ClN5O3/c13-11-4-2-1-3-9(11)5-14-16-12(19)8-17-7-10(6-15-17)18(20)21/h1-7H,8H2,(H,16,19). The molecule has 0 aliphatic rings. The van der Waals surface area contributed by atoms with Crippen molar-refractivity contribution in [3.8, 4) is 0 Å². The van der Waals surface area contributed by atoms with Crippen LogP contribution in [0.3, 0.4) is 0 Å². The van der Waals surface area contributed by atoms with Gasteiger partial charge in [-0.1, -0.05) is 29.8 Å². The second-order valence-corrected chi connectivity index (χ2v) is 4.38. The zero-order valence-corrected chi connectivity index (χ0v) is 11.4. The summed E-state index contributed by atoms with van der Waals surface area (Å²) in [5.41, 5.74) is 2.77. The van der Waals surface area contributed by atoms with Gasteiger partial charge in [-0.05, 0) is 6.07 Å². The maximum atomic E-state index is 11.6. The molecule has 0 aliphatic heterocycles. The van der Waals surface area contributed by atoms with E-state index in [-0.39, 0.29) is 12.2 Å². The zero-order valence-electron chi connectivity index (χ0n) is 10.6. The van der Waals surface area contributed by atoms with Gasteiger partial charge in [0.05, 0.1) is 11.1 Å². The van der Waals surface area contributed by atoms with Gasteiger partial charge in [-0.25, -0.2) is 5.43 Å². The Bertz CT molecular complexity index is 698. The van der Waals surface area contributed by atoms with Crippen molar-refractivity contribution < 1.29 is 9.72 Å². The molecule has 0 radical (unpaired) electrons. The minimum absolute atomic E-state index is 0.173. The minimum atomic E-state index is -0.586. The molecule has 1 heterocycles. The third-order valence-electron chi connectivity index (χ3n) is 2.43. The van der Waals surface area contributed by atoms with E-state index >= 15 is 0 Å². The van der Waals surface area contributed by atoms with Gasteiger partial charge in [0, 0.05) is 10.6 Å². The molecule has 1 N–H and O–H groups in total. The molecular formula is C12H10ClN5O3. The van der Waals surface area contributed by atoms with Gasteiger partial charge in [0.1, 0.15) is 18.9 Å². The molecule has 1 amide bonds. The Balaban J connectivity index is 1.90. The number of benzene rings is 1. The fraction of sp³-hybridized carbons (Fsp3) is 0.0833. The Morgan fingerprint density at radius 1 is 1.52 bits per heavy atom. The summed E-state index contributed by atoms with van der Waals surface area (Å²) in [6.45, 7) is -0.173. The normalized spacial score (nSPS) is 10.7. The van der Waals surface area contributed by atoms with Gasteiger partial charge in [-0.3, -0.25) is 19.6 Å². The Kier molecular flexibility index (Phi) is 4.62. The molecule has 0 atom stereocenters. The maximum Gasteiger partial charge on any atom is 0.307 e. The van der Waals surface area contributed by atoms with Crippen LogP contribution in [0.4, 0.5) is 5.69 Å². The summed E-state index contributed by atoms with van der Waals surface area (Å²) in [5, 5.41) is 18.4. The molecule has 21 heavy (non-hydrogen) atoms. The highest BCUT2D eigenvalue weighted by Gasteiger charge is 2.10. The topological polar surface area (TPSA) is 102 Å². The predicted molar refractivity (Wildman–Crippen MR) is 76.1 cm³/mol. The van der Waals surface area contributed by atoms with Crippen molar-refractivity contribution in [2.45, 2.75) is 6.54 Å². The van der Waals surface area contributed by atoms with Gasteiger partial charge < -0.3 is 0 Å². The molecule has 2 rings (SSSR count). The smallest absolute Gasteiger partial charge is 0.271 e. The molecule has 8 nitrogen and oxygen atoms in total. The van der Waals surface area contributed by atoms with E-state index in [1.54, 1.807) is 24.3 Å². The summed E-state index contributed by atoms with van der Waals surface area (Å²) in [6.07, 6.45) is 3.64. The first-order valence-electron chi connectivity index (χ1n) is 5.79. The average Bonchev–Trinajstić information content (AvgIpc) is 2.89. The van der Waals surface area contributed by atoms with Crippen molar-refractivity contribution in [2.75, 3.05) is 0 Å². The van der Waals surface area contributed by atoms with Crippen molar-refractivity contribution in [3.63, 3.8) is 0 Å². The van der Waals surface area contributed by atoms with E-state index in [2.05, 4.69) is 15.6 Å². The molecule has 0 unspecified atom stereocenters. The molecule has 108 valence electrons. The molecule has 0 saturated carbocycles. The summed E-state index contributed by atoms with van der Waals surface area (Å²) < 4.78 is 1.15. The number of nitrogens with one attached hydrogen (secondary N) is 1. The van der Waals surface area contributed by atoms with Crippen LogP contribution in [0.25, 0.3) is 0 Å². The van der Waals surface area contributed by atoms with Crippen molar-refractivity contribution in [2.24, 2.45) is 5.10 Å². The van der Waals surface area contributed by atoms with E-state index in [9.17, 15) is 14.9 Å². The lowest BCUT2D eigenvalue weighted by Gasteiger charge is -2.00. The number of amides is 1. The van der Waals surface area contributed by atoms with Gasteiger partial charge in [0.25, 0.3) is 5.91 Å². The number of aromatic nitrogens is 2. The minimum Gasteiger partial charge on any atom is -0.271 e. The van der Waals surface area contributed by atoms with Gasteiger partial charge in [-0.2, -0.15) is 10.2 Å². The van der Waals surface area contributed by atoms with Crippen LogP contribution >= 0.6 is 11.6 Å². The van der Waals surface area contributed by atoms with Crippen LogP contribution in [0.15, 0.2) is 41.8 Å². The van der Waals surface area contributed by atoms with Crippen molar-refractivity contribution in [1.82, 2.24) is 15.2 Å². The van der Waals surface area contributed by atoms with Crippen LogP contribution in [0.5, 0.6) is 0 Å². The van der Waals surface area contributed by atoms with Gasteiger partial charge in [-0.15, -0.1) is 0 Å². The number of halogens is 1. The third-order valence-corrected chi connectivity index (χ3v) is 2.78. The molecule has 1 aromatic carbocycles. The first-order valence-corrected chi connectivity index (χ1v) is 6.17. The Morgan fingerprint density at radius 2 is 2.29 bits per heavy atom. The largest absolute Gasteiger partial charge is 0.307 e. The van der Waals surface area contributed by atoms with E-state index in [4.69, 9.17) is 11.6 Å². The molecule has 9 heteroatoms. The summed E-state index contributed by atoms with van der Waals surface area (Å²) in [5.74, 6) is -0.462. The molecule has 0 spiro atoms. The van der Waals surface area contributed by atoms with Gasteiger partial charge in [0.15, 0.2) is 0 Å². The van der Waals surface area contributed by atoms with E-state index in [0.29, 0.717) is 10.6 Å². The highest BCUT2D eigenvalue weighted by molar-refractivity contribution is 6.33. The number of hydrazone groups is 1. The van der Waals surface area contributed by atoms with E-state index in [1.807, 2.05) is 0 Å². The van der Waals surface area contributed by atoms with Crippen LogP contribution in [-0.2, 0) is 11.3 Å². The summed E-state index contributed by atoms with van der Waals surface area (Å²) in [7, 11) is 0. The number of nitro groups is 1. The number of rotatable bonds is 5. The van der Waals surface area contributed by atoms with Crippen molar-refractivity contribution in [1.29, 1.82) is 0 Å². The highest BCUT2D eigenvalue weighted by Crippen LogP contribution is 2.12. The summed E-state index contributed by atoms with van der Waals surface area (Å²) >= 11 is 5.92. The second kappa shape index (κ2) is 6.62. The Morgan fingerprint density at radius 3 is 2.95 bits per heavy atom. The highest BCUT2D eigenvalue weighted by atomic mass is 35.5. The van der Waals surface area contributed by atoms with E-state index in [1.165, 1.54) is 6.21 Å². The monoisotopic (exact) mass is 307 g/mol. The van der Waals surface area contributed by atoms with Gasteiger partial charge in [0.2, 0.25) is 0 Å². The van der Waals surface area contributed by atoms with Crippen molar-refractivity contribution in [3.05, 3.63) is 57.4 Å². The summed E-state index contributed by atoms with van der Waals surface area (Å²) in [4.78, 5) is 21.5. The maximum absolute atomic E-state index is 11.6. The first-order chi connectivity index (χ1) is 10.1. The lowest BCUT2D eigenvalue weighted by atomic mass is 10.2. The number of carbonyl (C=O) groups excluding carboxylic acids is 1. The summed E-state index contributed by atoms with van der Waals surface area (Å²) in [6, 6.07) is 7.02. The van der Waals surface area contributed by atoms with Crippen LogP contribution in [0, 0.1) is 10.1 Å². The molecular weight excluding hydrogens is 298 g/mol. The third kappa shape index (κ3) is 4.11. The zero-order chi connectivity index (χ0) is 15.2. The Labute approximate surface area is 124 Å². The Hall–Kier alpha value is -2.74. The molecule has 1 aromatic heterocycles. The van der Waals surface area contributed by atoms with Crippen LogP contribution < -0.4 is 5.43 Å². The molecule has 0 bridgehead atoms. The second-order valence-electron chi connectivity index (χ2n) is 3.97. The van der Waals surface area contributed by atoms with E-state index < -0.39 is 10.8 Å². The number of hydrogen-bond acceptors (Lipinski definition) is 5. The average molecular weight is 308 g/mol. The molecule has 0 aliphatic carbocycles. The lowest BCUT2D eigenvalue weighted by molar-refractivity contribution is -0.385. The number of nitrogens with zero attached hydrogens (tertiary/aromatic N) is 4. The van der Waals surface area contributed by atoms with Crippen molar-refractivity contribution >= 4 is 29.4 Å². The molecule has 0 saturated heterocycles. The number of carbonyl (C=O) groups is 1. The number of hydrogen-bond donors (Lipinski definition) is 1. The first kappa shape index (κ1) is 14.7. The molecule has 2 aromatic rings. The van der Waals surface area contributed by atoms with Gasteiger partial charge >= 0.3 is 5.69 Å². The van der Waals surface area contributed by atoms with Crippen LogP contribution in [0.2, 0.25) is 5.02 Å².